The molecule has 1 N–H and O–H groups in total. The first-order valence-electron chi connectivity index (χ1n) is 7.79. The van der Waals surface area contributed by atoms with Crippen LogP contribution < -0.4 is 14.8 Å². The molecule has 4 rings (SSSR count). The molecule has 0 unspecified atom stereocenters. The van der Waals surface area contributed by atoms with Gasteiger partial charge in [-0.3, -0.25) is 4.79 Å². The van der Waals surface area contributed by atoms with E-state index in [1.807, 2.05) is 12.1 Å². The Morgan fingerprint density at radius 3 is 2.83 bits per heavy atom. The van der Waals surface area contributed by atoms with Crippen LogP contribution in [0.1, 0.15) is 30.2 Å². The van der Waals surface area contributed by atoms with Gasteiger partial charge in [-0.1, -0.05) is 0 Å². The van der Waals surface area contributed by atoms with E-state index in [0.29, 0.717) is 28.8 Å². The van der Waals surface area contributed by atoms with Crippen LogP contribution in [0.25, 0.3) is 11.0 Å². The van der Waals surface area contributed by atoms with Crippen LogP contribution in [0.15, 0.2) is 42.7 Å². The second-order valence-corrected chi connectivity index (χ2v) is 5.97. The number of aromatic nitrogens is 2. The van der Waals surface area contributed by atoms with Crippen molar-refractivity contribution in [3.8, 4) is 11.5 Å². The van der Waals surface area contributed by atoms with Crippen molar-refractivity contribution >= 4 is 22.6 Å². The van der Waals surface area contributed by atoms with Crippen molar-refractivity contribution in [2.75, 3.05) is 12.1 Å². The average molecular weight is 323 g/mol. The summed E-state index contributed by atoms with van der Waals surface area (Å²) in [5.41, 5.74) is 3.05. The molecule has 1 aromatic heterocycles. The molecule has 1 amide bonds. The Kier molecular flexibility index (Phi) is 3.37. The van der Waals surface area contributed by atoms with E-state index in [1.165, 1.54) is 0 Å². The highest BCUT2D eigenvalue weighted by Crippen LogP contribution is 2.34. The van der Waals surface area contributed by atoms with Gasteiger partial charge in [-0.05, 0) is 44.2 Å². The normalized spacial score (nSPS) is 12.8. The smallest absolute Gasteiger partial charge is 0.255 e. The molecule has 0 fully saturated rings. The maximum atomic E-state index is 12.5. The SMILES string of the molecule is CC(C)n1cnc2cc(C(=O)Nc3ccc4c(c3)OCO4)ccc21. The zero-order valence-electron chi connectivity index (χ0n) is 13.4. The number of ether oxygens (including phenoxy) is 2. The van der Waals surface area contributed by atoms with Crippen molar-refractivity contribution in [1.82, 2.24) is 9.55 Å². The maximum absolute atomic E-state index is 12.5. The molecule has 0 aliphatic carbocycles. The molecule has 2 aromatic carbocycles. The number of nitrogens with zero attached hydrogens (tertiary/aromatic N) is 2. The van der Waals surface area contributed by atoms with E-state index >= 15 is 0 Å². The molecule has 0 bridgehead atoms. The van der Waals surface area contributed by atoms with E-state index in [0.717, 1.165) is 11.0 Å². The Labute approximate surface area is 139 Å². The number of amides is 1. The predicted octanol–water partition coefficient (Wildman–Crippen LogP) is 3.60. The molecule has 122 valence electrons. The summed E-state index contributed by atoms with van der Waals surface area (Å²) >= 11 is 0. The first kappa shape index (κ1) is 14.6. The predicted molar refractivity (Wildman–Crippen MR) is 90.6 cm³/mol. The summed E-state index contributed by atoms with van der Waals surface area (Å²) in [7, 11) is 0. The molecule has 3 aromatic rings. The Morgan fingerprint density at radius 1 is 1.17 bits per heavy atom. The van der Waals surface area contributed by atoms with Gasteiger partial charge >= 0.3 is 0 Å². The monoisotopic (exact) mass is 323 g/mol. The summed E-state index contributed by atoms with van der Waals surface area (Å²) in [6, 6.07) is 11.2. The summed E-state index contributed by atoms with van der Waals surface area (Å²) in [6.45, 7) is 4.41. The quantitative estimate of drug-likeness (QED) is 0.800. The highest BCUT2D eigenvalue weighted by molar-refractivity contribution is 6.06. The Hall–Kier alpha value is -3.02. The summed E-state index contributed by atoms with van der Waals surface area (Å²) in [5.74, 6) is 1.14. The van der Waals surface area contributed by atoms with Gasteiger partial charge in [-0.2, -0.15) is 0 Å². The number of fused-ring (bicyclic) bond motifs is 2. The van der Waals surface area contributed by atoms with Crippen LogP contribution in [0, 0.1) is 0 Å². The van der Waals surface area contributed by atoms with E-state index in [9.17, 15) is 4.79 Å². The number of imidazole rings is 1. The fraction of sp³-hybridized carbons (Fsp3) is 0.222. The van der Waals surface area contributed by atoms with Crippen molar-refractivity contribution in [3.05, 3.63) is 48.3 Å². The molecule has 0 atom stereocenters. The van der Waals surface area contributed by atoms with Gasteiger partial charge < -0.3 is 19.4 Å². The number of carbonyl (C=O) groups is 1. The Morgan fingerprint density at radius 2 is 2.00 bits per heavy atom. The lowest BCUT2D eigenvalue weighted by atomic mass is 10.1. The van der Waals surface area contributed by atoms with Crippen molar-refractivity contribution in [2.24, 2.45) is 0 Å². The number of anilines is 1. The largest absolute Gasteiger partial charge is 0.454 e. The summed E-state index contributed by atoms with van der Waals surface area (Å²) in [4.78, 5) is 16.9. The highest BCUT2D eigenvalue weighted by Gasteiger charge is 2.15. The second kappa shape index (κ2) is 5.56. The third-order valence-corrected chi connectivity index (χ3v) is 4.02. The van der Waals surface area contributed by atoms with Gasteiger partial charge in [0.2, 0.25) is 6.79 Å². The molecule has 6 heteroatoms. The number of hydrogen-bond donors (Lipinski definition) is 1. The van der Waals surface area contributed by atoms with Crippen LogP contribution in [0.3, 0.4) is 0 Å². The molecule has 0 saturated heterocycles. The van der Waals surface area contributed by atoms with Crippen molar-refractivity contribution in [1.29, 1.82) is 0 Å². The van der Waals surface area contributed by atoms with Gasteiger partial charge in [0.25, 0.3) is 5.91 Å². The highest BCUT2D eigenvalue weighted by atomic mass is 16.7. The first-order valence-corrected chi connectivity index (χ1v) is 7.79. The molecule has 0 radical (unpaired) electrons. The maximum Gasteiger partial charge on any atom is 0.255 e. The lowest BCUT2D eigenvalue weighted by Gasteiger charge is -2.09. The molecule has 2 heterocycles. The Bertz CT molecular complexity index is 930. The summed E-state index contributed by atoms with van der Waals surface area (Å²) in [5, 5.41) is 2.87. The van der Waals surface area contributed by atoms with Crippen LogP contribution >= 0.6 is 0 Å². The lowest BCUT2D eigenvalue weighted by molar-refractivity contribution is 0.102. The molecule has 0 spiro atoms. The van der Waals surface area contributed by atoms with Gasteiger partial charge in [0, 0.05) is 23.4 Å². The zero-order valence-corrected chi connectivity index (χ0v) is 13.4. The summed E-state index contributed by atoms with van der Waals surface area (Å²) in [6.07, 6.45) is 1.80. The van der Waals surface area contributed by atoms with Crippen LogP contribution in [0.2, 0.25) is 0 Å². The number of rotatable bonds is 3. The third-order valence-electron chi connectivity index (χ3n) is 4.02. The lowest BCUT2D eigenvalue weighted by Crippen LogP contribution is -2.11. The number of carbonyl (C=O) groups excluding carboxylic acids is 1. The summed E-state index contributed by atoms with van der Waals surface area (Å²) < 4.78 is 12.7. The van der Waals surface area contributed by atoms with Crippen molar-refractivity contribution in [3.63, 3.8) is 0 Å². The average Bonchev–Trinajstić information content (AvgIpc) is 3.20. The third kappa shape index (κ3) is 2.46. The van der Waals surface area contributed by atoms with E-state index < -0.39 is 0 Å². The topological polar surface area (TPSA) is 65.4 Å². The van der Waals surface area contributed by atoms with Crippen molar-refractivity contribution in [2.45, 2.75) is 19.9 Å². The molecular weight excluding hydrogens is 306 g/mol. The fourth-order valence-electron chi connectivity index (χ4n) is 2.76. The van der Waals surface area contributed by atoms with Crippen LogP contribution in [0.5, 0.6) is 11.5 Å². The number of nitrogens with one attached hydrogen (secondary N) is 1. The number of benzene rings is 2. The fourth-order valence-corrected chi connectivity index (χ4v) is 2.76. The van der Waals surface area contributed by atoms with E-state index in [1.54, 1.807) is 30.6 Å². The Balaban J connectivity index is 1.59. The van der Waals surface area contributed by atoms with Gasteiger partial charge in [0.15, 0.2) is 11.5 Å². The minimum absolute atomic E-state index is 0.185. The van der Waals surface area contributed by atoms with Gasteiger partial charge in [0.1, 0.15) is 0 Å². The van der Waals surface area contributed by atoms with Crippen LogP contribution in [-0.4, -0.2) is 22.3 Å². The number of hydrogen-bond acceptors (Lipinski definition) is 4. The second-order valence-electron chi connectivity index (χ2n) is 5.97. The molecule has 24 heavy (non-hydrogen) atoms. The van der Waals surface area contributed by atoms with Crippen LogP contribution in [0.4, 0.5) is 5.69 Å². The molecule has 0 saturated carbocycles. The molecule has 1 aliphatic rings. The minimum Gasteiger partial charge on any atom is -0.454 e. The van der Waals surface area contributed by atoms with E-state index in [-0.39, 0.29) is 12.7 Å². The van der Waals surface area contributed by atoms with Crippen molar-refractivity contribution < 1.29 is 14.3 Å². The molecular formula is C18H17N3O3. The van der Waals surface area contributed by atoms with E-state index in [4.69, 9.17) is 9.47 Å². The van der Waals surface area contributed by atoms with E-state index in [2.05, 4.69) is 28.7 Å². The standard InChI is InChI=1S/C18H17N3O3/c1-11(2)21-9-19-14-7-12(3-5-15(14)21)18(22)20-13-4-6-16-17(8-13)24-10-23-16/h3-9,11H,10H2,1-2H3,(H,20,22). The minimum atomic E-state index is -0.185. The zero-order chi connectivity index (χ0) is 16.7. The van der Waals surface area contributed by atoms with Crippen LogP contribution in [-0.2, 0) is 0 Å². The first-order chi connectivity index (χ1) is 11.6. The molecule has 6 nitrogen and oxygen atoms in total. The van der Waals surface area contributed by atoms with Gasteiger partial charge in [0.05, 0.1) is 17.4 Å². The van der Waals surface area contributed by atoms with Gasteiger partial charge in [-0.15, -0.1) is 0 Å². The van der Waals surface area contributed by atoms with Gasteiger partial charge in [-0.25, -0.2) is 4.98 Å². The molecule has 1 aliphatic heterocycles.